The predicted octanol–water partition coefficient (Wildman–Crippen LogP) is 1.12. The summed E-state index contributed by atoms with van der Waals surface area (Å²) in [6, 6.07) is 6.62. The van der Waals surface area contributed by atoms with Gasteiger partial charge in [-0.2, -0.15) is 0 Å². The van der Waals surface area contributed by atoms with Crippen LogP contribution in [0, 0.1) is 0 Å². The molecule has 2 heterocycles. The highest BCUT2D eigenvalue weighted by atomic mass is 35.5. The number of halogens is 1. The van der Waals surface area contributed by atoms with Crippen LogP contribution in [0.25, 0.3) is 10.9 Å². The maximum absolute atomic E-state index is 12.5. The first-order valence-electron chi connectivity index (χ1n) is 7.64. The monoisotopic (exact) mass is 335 g/mol. The number of aliphatic hydroxyl groups is 1. The molecule has 6 nitrogen and oxygen atoms in total. The SMILES string of the molecule is O=C(CC1NCCCC1O)Cn1c(Cl)nc2ccccc2c1=O. The molecule has 0 radical (unpaired) electrons. The number of hydrogen-bond donors (Lipinski definition) is 2. The molecule has 2 aromatic rings. The van der Waals surface area contributed by atoms with Gasteiger partial charge in [-0.1, -0.05) is 12.1 Å². The van der Waals surface area contributed by atoms with Gasteiger partial charge >= 0.3 is 0 Å². The van der Waals surface area contributed by atoms with Gasteiger partial charge < -0.3 is 10.4 Å². The number of piperidine rings is 1. The van der Waals surface area contributed by atoms with Crippen molar-refractivity contribution in [1.82, 2.24) is 14.9 Å². The van der Waals surface area contributed by atoms with Gasteiger partial charge in [0.05, 0.1) is 23.6 Å². The standard InChI is InChI=1S/C16H18ClN3O3/c17-16-19-12-5-2-1-4-11(12)15(23)20(16)9-10(21)8-13-14(22)6-3-7-18-13/h1-2,4-5,13-14,18,22H,3,6-9H2. The van der Waals surface area contributed by atoms with E-state index in [0.717, 1.165) is 13.0 Å². The Morgan fingerprint density at radius 1 is 1.43 bits per heavy atom. The molecule has 1 aliphatic heterocycles. The minimum absolute atomic E-state index is 0.000739. The number of aromatic nitrogens is 2. The smallest absolute Gasteiger partial charge is 0.262 e. The summed E-state index contributed by atoms with van der Waals surface area (Å²) in [4.78, 5) is 28.9. The van der Waals surface area contributed by atoms with Crippen molar-refractivity contribution in [3.05, 3.63) is 39.9 Å². The van der Waals surface area contributed by atoms with Gasteiger partial charge in [0.2, 0.25) is 5.28 Å². The third-order valence-corrected chi connectivity index (χ3v) is 4.43. The number of para-hydroxylation sites is 1. The molecule has 23 heavy (non-hydrogen) atoms. The third kappa shape index (κ3) is 3.44. The van der Waals surface area contributed by atoms with Crippen molar-refractivity contribution in [1.29, 1.82) is 0 Å². The zero-order valence-corrected chi connectivity index (χ0v) is 13.3. The van der Waals surface area contributed by atoms with Crippen molar-refractivity contribution in [2.45, 2.75) is 38.0 Å². The number of carbonyl (C=O) groups excluding carboxylic acids is 1. The van der Waals surface area contributed by atoms with Gasteiger partial charge in [0.1, 0.15) is 0 Å². The van der Waals surface area contributed by atoms with Gasteiger partial charge in [-0.3, -0.25) is 14.2 Å². The molecule has 2 unspecified atom stereocenters. The Bertz CT molecular complexity index is 790. The topological polar surface area (TPSA) is 84.2 Å². The maximum atomic E-state index is 12.5. The molecule has 1 aromatic carbocycles. The summed E-state index contributed by atoms with van der Waals surface area (Å²) in [5, 5.41) is 13.5. The number of fused-ring (bicyclic) bond motifs is 1. The Balaban J connectivity index is 1.81. The second-order valence-corrected chi connectivity index (χ2v) is 6.14. The molecule has 0 spiro atoms. The first kappa shape index (κ1) is 16.1. The van der Waals surface area contributed by atoms with E-state index in [4.69, 9.17) is 11.6 Å². The fraction of sp³-hybridized carbons (Fsp3) is 0.438. The number of rotatable bonds is 4. The van der Waals surface area contributed by atoms with E-state index >= 15 is 0 Å². The van der Waals surface area contributed by atoms with Crippen molar-refractivity contribution in [2.24, 2.45) is 0 Å². The van der Waals surface area contributed by atoms with Crippen molar-refractivity contribution in [2.75, 3.05) is 6.54 Å². The Kier molecular flexibility index (Phi) is 4.75. The van der Waals surface area contributed by atoms with Crippen molar-refractivity contribution >= 4 is 28.3 Å². The third-order valence-electron chi connectivity index (χ3n) is 4.14. The second kappa shape index (κ2) is 6.78. The van der Waals surface area contributed by atoms with Crippen LogP contribution in [0.3, 0.4) is 0 Å². The number of aliphatic hydroxyl groups excluding tert-OH is 1. The average molecular weight is 336 g/mol. The molecule has 0 saturated carbocycles. The summed E-state index contributed by atoms with van der Waals surface area (Å²) in [6.07, 6.45) is 1.21. The van der Waals surface area contributed by atoms with Crippen LogP contribution in [0.2, 0.25) is 5.28 Å². The van der Waals surface area contributed by atoms with Crippen LogP contribution in [0.4, 0.5) is 0 Å². The van der Waals surface area contributed by atoms with E-state index in [1.54, 1.807) is 24.3 Å². The van der Waals surface area contributed by atoms with Crippen LogP contribution in [0.15, 0.2) is 29.1 Å². The molecule has 1 aromatic heterocycles. The Labute approximate surface area is 138 Å². The van der Waals surface area contributed by atoms with E-state index in [1.165, 1.54) is 4.57 Å². The molecule has 122 valence electrons. The number of carbonyl (C=O) groups is 1. The van der Waals surface area contributed by atoms with E-state index in [1.807, 2.05) is 0 Å². The van der Waals surface area contributed by atoms with Crippen molar-refractivity contribution < 1.29 is 9.90 Å². The number of nitrogens with zero attached hydrogens (tertiary/aromatic N) is 2. The number of nitrogens with one attached hydrogen (secondary N) is 1. The molecular formula is C16H18ClN3O3. The van der Waals surface area contributed by atoms with E-state index in [0.29, 0.717) is 17.3 Å². The highest BCUT2D eigenvalue weighted by Crippen LogP contribution is 2.14. The zero-order chi connectivity index (χ0) is 16.4. The fourth-order valence-electron chi connectivity index (χ4n) is 2.91. The number of Topliss-reactive ketones (excluding diaryl/α,β-unsaturated/α-hetero) is 1. The van der Waals surface area contributed by atoms with Crippen LogP contribution in [0.1, 0.15) is 19.3 Å². The average Bonchev–Trinajstić information content (AvgIpc) is 2.54. The molecule has 1 aliphatic rings. The Hall–Kier alpha value is -1.76. The summed E-state index contributed by atoms with van der Waals surface area (Å²) in [5.41, 5.74) is 0.182. The number of benzene rings is 1. The fourth-order valence-corrected chi connectivity index (χ4v) is 3.14. The first-order valence-corrected chi connectivity index (χ1v) is 8.02. The molecule has 2 N–H and O–H groups in total. The van der Waals surface area contributed by atoms with Crippen molar-refractivity contribution in [3.8, 4) is 0 Å². The lowest BCUT2D eigenvalue weighted by molar-refractivity contribution is -0.121. The van der Waals surface area contributed by atoms with Gasteiger partial charge in [-0.05, 0) is 43.1 Å². The first-order chi connectivity index (χ1) is 11.1. The lowest BCUT2D eigenvalue weighted by Crippen LogP contribution is -2.46. The summed E-state index contributed by atoms with van der Waals surface area (Å²) in [7, 11) is 0. The van der Waals surface area contributed by atoms with E-state index in [9.17, 15) is 14.7 Å². The van der Waals surface area contributed by atoms with Crippen LogP contribution in [-0.4, -0.2) is 39.1 Å². The number of hydrogen-bond acceptors (Lipinski definition) is 5. The predicted molar refractivity (Wildman–Crippen MR) is 87.7 cm³/mol. The molecule has 1 saturated heterocycles. The summed E-state index contributed by atoms with van der Waals surface area (Å²) in [6.45, 7) is 0.646. The van der Waals surface area contributed by atoms with Crippen LogP contribution < -0.4 is 10.9 Å². The lowest BCUT2D eigenvalue weighted by atomic mass is 9.97. The summed E-state index contributed by atoms with van der Waals surface area (Å²) in [5.74, 6) is -0.162. The van der Waals surface area contributed by atoms with Gasteiger partial charge in [-0.15, -0.1) is 0 Å². The molecule has 0 bridgehead atoms. The van der Waals surface area contributed by atoms with Crippen LogP contribution in [0.5, 0.6) is 0 Å². The molecule has 7 heteroatoms. The van der Waals surface area contributed by atoms with Crippen LogP contribution in [-0.2, 0) is 11.3 Å². The number of ketones is 1. The second-order valence-electron chi connectivity index (χ2n) is 5.80. The maximum Gasteiger partial charge on any atom is 0.262 e. The quantitative estimate of drug-likeness (QED) is 0.818. The van der Waals surface area contributed by atoms with Crippen LogP contribution >= 0.6 is 11.6 Å². The molecular weight excluding hydrogens is 318 g/mol. The van der Waals surface area contributed by atoms with Gasteiger partial charge in [0, 0.05) is 12.5 Å². The normalized spacial score (nSPS) is 21.5. The molecule has 2 atom stereocenters. The highest BCUT2D eigenvalue weighted by Gasteiger charge is 2.25. The molecule has 0 aliphatic carbocycles. The van der Waals surface area contributed by atoms with E-state index < -0.39 is 6.10 Å². The lowest BCUT2D eigenvalue weighted by Gasteiger charge is -2.28. The minimum atomic E-state index is -0.533. The van der Waals surface area contributed by atoms with Gasteiger partial charge in [0.15, 0.2) is 5.78 Å². The van der Waals surface area contributed by atoms with Gasteiger partial charge in [0.25, 0.3) is 5.56 Å². The largest absolute Gasteiger partial charge is 0.391 e. The highest BCUT2D eigenvalue weighted by molar-refractivity contribution is 6.28. The summed E-state index contributed by atoms with van der Waals surface area (Å²) >= 11 is 6.06. The minimum Gasteiger partial charge on any atom is -0.391 e. The van der Waals surface area contributed by atoms with Crippen molar-refractivity contribution in [3.63, 3.8) is 0 Å². The molecule has 3 rings (SSSR count). The van der Waals surface area contributed by atoms with E-state index in [2.05, 4.69) is 10.3 Å². The zero-order valence-electron chi connectivity index (χ0n) is 12.5. The summed E-state index contributed by atoms with van der Waals surface area (Å²) < 4.78 is 1.18. The molecule has 0 amide bonds. The van der Waals surface area contributed by atoms with E-state index in [-0.39, 0.29) is 35.6 Å². The Morgan fingerprint density at radius 3 is 3.00 bits per heavy atom. The molecule has 1 fully saturated rings. The van der Waals surface area contributed by atoms with Gasteiger partial charge in [-0.25, -0.2) is 4.98 Å². The Morgan fingerprint density at radius 2 is 2.22 bits per heavy atom.